The average molecular weight is 425 g/mol. The first-order valence-corrected chi connectivity index (χ1v) is 9.08. The first kappa shape index (κ1) is 15.4. The second-order valence-electron chi connectivity index (χ2n) is 5.83. The summed E-state index contributed by atoms with van der Waals surface area (Å²) in [4.78, 5) is 12.8. The molecule has 2 nitrogen and oxygen atoms in total. The van der Waals surface area contributed by atoms with Crippen molar-refractivity contribution in [2.24, 2.45) is 0 Å². The van der Waals surface area contributed by atoms with Gasteiger partial charge < -0.3 is 4.57 Å². The number of para-hydroxylation sites is 1. The van der Waals surface area contributed by atoms with Crippen molar-refractivity contribution in [1.82, 2.24) is 4.57 Å². The summed E-state index contributed by atoms with van der Waals surface area (Å²) in [5.41, 5.74) is 3.86. The van der Waals surface area contributed by atoms with Crippen LogP contribution >= 0.6 is 22.6 Å². The molecule has 0 saturated carbocycles. The van der Waals surface area contributed by atoms with Crippen LogP contribution in [0.15, 0.2) is 66.7 Å². The van der Waals surface area contributed by atoms with Crippen LogP contribution in [0, 0.1) is 3.57 Å². The summed E-state index contributed by atoms with van der Waals surface area (Å²) in [6.45, 7) is 3.06. The molecule has 0 bridgehead atoms. The lowest BCUT2D eigenvalue weighted by Crippen LogP contribution is -2.01. The average Bonchev–Trinajstić information content (AvgIpc) is 2.95. The molecule has 0 aliphatic rings. The van der Waals surface area contributed by atoms with Gasteiger partial charge in [-0.05, 0) is 78.0 Å². The monoisotopic (exact) mass is 425 g/mol. The summed E-state index contributed by atoms with van der Waals surface area (Å²) >= 11 is 2.25. The van der Waals surface area contributed by atoms with Gasteiger partial charge >= 0.3 is 0 Å². The SMILES string of the molecule is CCn1c2ccccc2c2cc(C(=O)c3ccc(I)cc3)ccc21. The van der Waals surface area contributed by atoms with Crippen LogP contribution in [0.25, 0.3) is 21.8 Å². The quantitative estimate of drug-likeness (QED) is 0.307. The van der Waals surface area contributed by atoms with Gasteiger partial charge in [-0.25, -0.2) is 0 Å². The Morgan fingerprint density at radius 3 is 2.29 bits per heavy atom. The highest BCUT2D eigenvalue weighted by Crippen LogP contribution is 2.30. The summed E-state index contributed by atoms with van der Waals surface area (Å²) in [5.74, 6) is 0.0710. The van der Waals surface area contributed by atoms with E-state index in [1.165, 1.54) is 16.4 Å². The van der Waals surface area contributed by atoms with Gasteiger partial charge in [0.2, 0.25) is 0 Å². The molecule has 118 valence electrons. The van der Waals surface area contributed by atoms with E-state index >= 15 is 0 Å². The van der Waals surface area contributed by atoms with Crippen LogP contribution in [0.4, 0.5) is 0 Å². The van der Waals surface area contributed by atoms with Crippen LogP contribution < -0.4 is 0 Å². The van der Waals surface area contributed by atoms with E-state index in [1.807, 2.05) is 36.4 Å². The third kappa shape index (κ3) is 2.44. The lowest BCUT2D eigenvalue weighted by atomic mass is 10.0. The number of nitrogens with zero attached hydrogens (tertiary/aromatic N) is 1. The standard InChI is InChI=1S/C21H16INO/c1-2-23-19-6-4-3-5-17(19)18-13-15(9-12-20(18)23)21(24)14-7-10-16(22)11-8-14/h3-13H,2H2,1H3. The second-order valence-corrected chi connectivity index (χ2v) is 7.07. The molecule has 4 rings (SSSR count). The maximum Gasteiger partial charge on any atom is 0.193 e. The van der Waals surface area contributed by atoms with Crippen molar-refractivity contribution in [3.05, 3.63) is 81.4 Å². The molecule has 0 amide bonds. The van der Waals surface area contributed by atoms with Crippen molar-refractivity contribution >= 4 is 50.2 Å². The summed E-state index contributed by atoms with van der Waals surface area (Å²) in [7, 11) is 0. The minimum Gasteiger partial charge on any atom is -0.341 e. The van der Waals surface area contributed by atoms with E-state index in [4.69, 9.17) is 0 Å². The Hall–Kier alpha value is -2.14. The van der Waals surface area contributed by atoms with Crippen LogP contribution in [-0.2, 0) is 6.54 Å². The summed E-state index contributed by atoms with van der Waals surface area (Å²) in [6, 6.07) is 22.1. The normalized spacial score (nSPS) is 11.2. The zero-order valence-electron chi connectivity index (χ0n) is 13.3. The third-order valence-corrected chi connectivity index (χ3v) is 5.18. The Labute approximate surface area is 154 Å². The fourth-order valence-electron chi connectivity index (χ4n) is 3.30. The van der Waals surface area contributed by atoms with Gasteiger partial charge in [0.05, 0.1) is 0 Å². The number of carbonyl (C=O) groups excluding carboxylic acids is 1. The van der Waals surface area contributed by atoms with Crippen molar-refractivity contribution in [3.63, 3.8) is 0 Å². The molecule has 24 heavy (non-hydrogen) atoms. The van der Waals surface area contributed by atoms with E-state index in [2.05, 4.69) is 64.4 Å². The van der Waals surface area contributed by atoms with Crippen molar-refractivity contribution in [2.45, 2.75) is 13.5 Å². The van der Waals surface area contributed by atoms with Gasteiger partial charge in [-0.15, -0.1) is 0 Å². The zero-order chi connectivity index (χ0) is 16.7. The Kier molecular flexibility index (Phi) is 3.88. The molecular formula is C21H16INO. The number of aryl methyl sites for hydroxylation is 1. The molecular weight excluding hydrogens is 409 g/mol. The fourth-order valence-corrected chi connectivity index (χ4v) is 3.66. The Morgan fingerprint density at radius 2 is 1.54 bits per heavy atom. The van der Waals surface area contributed by atoms with Crippen LogP contribution in [0.5, 0.6) is 0 Å². The highest BCUT2D eigenvalue weighted by atomic mass is 127. The van der Waals surface area contributed by atoms with E-state index in [9.17, 15) is 4.79 Å². The van der Waals surface area contributed by atoms with E-state index in [-0.39, 0.29) is 5.78 Å². The van der Waals surface area contributed by atoms with Gasteiger partial charge in [-0.2, -0.15) is 0 Å². The minimum absolute atomic E-state index is 0.0710. The van der Waals surface area contributed by atoms with Crippen molar-refractivity contribution in [2.75, 3.05) is 0 Å². The first-order valence-electron chi connectivity index (χ1n) is 8.00. The van der Waals surface area contributed by atoms with Gasteiger partial charge in [0.25, 0.3) is 0 Å². The Bertz CT molecular complexity index is 1060. The molecule has 0 radical (unpaired) electrons. The third-order valence-electron chi connectivity index (χ3n) is 4.46. The molecule has 0 saturated heterocycles. The number of ketones is 1. The lowest BCUT2D eigenvalue weighted by Gasteiger charge is -2.04. The van der Waals surface area contributed by atoms with E-state index < -0.39 is 0 Å². The van der Waals surface area contributed by atoms with Crippen LogP contribution in [0.1, 0.15) is 22.8 Å². The topological polar surface area (TPSA) is 22.0 Å². The number of aromatic nitrogens is 1. The molecule has 3 heteroatoms. The first-order chi connectivity index (χ1) is 11.7. The molecule has 1 heterocycles. The van der Waals surface area contributed by atoms with Gasteiger partial charge in [0.15, 0.2) is 5.78 Å². The summed E-state index contributed by atoms with van der Waals surface area (Å²) in [6.07, 6.45) is 0. The van der Waals surface area contributed by atoms with Crippen LogP contribution in [0.3, 0.4) is 0 Å². The highest BCUT2D eigenvalue weighted by Gasteiger charge is 2.14. The minimum atomic E-state index is 0.0710. The van der Waals surface area contributed by atoms with E-state index in [0.29, 0.717) is 0 Å². The molecule has 0 aliphatic heterocycles. The number of fused-ring (bicyclic) bond motifs is 3. The Morgan fingerprint density at radius 1 is 0.875 bits per heavy atom. The molecule has 0 spiro atoms. The smallest absolute Gasteiger partial charge is 0.193 e. The number of rotatable bonds is 3. The highest BCUT2D eigenvalue weighted by molar-refractivity contribution is 14.1. The summed E-state index contributed by atoms with van der Waals surface area (Å²) < 4.78 is 3.43. The van der Waals surface area contributed by atoms with Gasteiger partial charge in [-0.3, -0.25) is 4.79 Å². The number of benzene rings is 3. The number of hydrogen-bond acceptors (Lipinski definition) is 1. The van der Waals surface area contributed by atoms with Crippen LogP contribution in [-0.4, -0.2) is 10.4 Å². The maximum absolute atomic E-state index is 12.8. The predicted octanol–water partition coefficient (Wildman–Crippen LogP) is 5.65. The van der Waals surface area contributed by atoms with Crippen LogP contribution in [0.2, 0.25) is 0 Å². The molecule has 1 aromatic heterocycles. The number of hydrogen-bond donors (Lipinski definition) is 0. The second kappa shape index (κ2) is 6.06. The van der Waals surface area contributed by atoms with Gasteiger partial charge in [0.1, 0.15) is 0 Å². The van der Waals surface area contributed by atoms with Gasteiger partial charge in [0, 0.05) is 43.0 Å². The van der Waals surface area contributed by atoms with Crippen molar-refractivity contribution < 1.29 is 4.79 Å². The zero-order valence-corrected chi connectivity index (χ0v) is 15.4. The molecule has 3 aromatic carbocycles. The molecule has 0 unspecified atom stereocenters. The number of carbonyl (C=O) groups is 1. The fraction of sp³-hybridized carbons (Fsp3) is 0.0952. The van der Waals surface area contributed by atoms with Crippen molar-refractivity contribution in [3.8, 4) is 0 Å². The predicted molar refractivity (Wildman–Crippen MR) is 108 cm³/mol. The summed E-state index contributed by atoms with van der Waals surface area (Å²) in [5, 5.41) is 2.34. The molecule has 0 atom stereocenters. The molecule has 0 N–H and O–H groups in total. The largest absolute Gasteiger partial charge is 0.341 e. The molecule has 4 aromatic rings. The Balaban J connectivity index is 1.91. The molecule has 0 fully saturated rings. The maximum atomic E-state index is 12.8. The lowest BCUT2D eigenvalue weighted by molar-refractivity contribution is 0.103. The van der Waals surface area contributed by atoms with Gasteiger partial charge in [-0.1, -0.05) is 18.2 Å². The van der Waals surface area contributed by atoms with E-state index in [0.717, 1.165) is 26.6 Å². The number of halogens is 1. The van der Waals surface area contributed by atoms with Crippen molar-refractivity contribution in [1.29, 1.82) is 0 Å². The van der Waals surface area contributed by atoms with E-state index in [1.54, 1.807) is 0 Å². The molecule has 0 aliphatic carbocycles.